The Morgan fingerprint density at radius 2 is 1.55 bits per heavy atom. The van der Waals surface area contributed by atoms with Gasteiger partial charge in [0.25, 0.3) is 0 Å². The van der Waals surface area contributed by atoms with Crippen LogP contribution in [0, 0.1) is 17.8 Å². The van der Waals surface area contributed by atoms with Gasteiger partial charge in [-0.2, -0.15) is 0 Å². The van der Waals surface area contributed by atoms with Crippen LogP contribution in [0.25, 0.3) is 0 Å². The van der Waals surface area contributed by atoms with Crippen LogP contribution >= 0.6 is 7.82 Å². The third-order valence-electron chi connectivity index (χ3n) is 5.25. The molecule has 6 heteroatoms. The van der Waals surface area contributed by atoms with E-state index < -0.39 is 7.82 Å². The quantitative estimate of drug-likeness (QED) is 0.502. The fourth-order valence-corrected chi connectivity index (χ4v) is 5.56. The number of phosphoric acid groups is 1. The summed E-state index contributed by atoms with van der Waals surface area (Å²) < 4.78 is 22.0. The lowest BCUT2D eigenvalue weighted by Crippen LogP contribution is -2.51. The van der Waals surface area contributed by atoms with E-state index in [1.165, 1.54) is 19.3 Å². The van der Waals surface area contributed by atoms with E-state index in [2.05, 4.69) is 0 Å². The first-order valence-electron chi connectivity index (χ1n) is 7.97. The molecule has 1 atom stereocenters. The molecule has 0 spiro atoms. The lowest BCUT2D eigenvalue weighted by atomic mass is 9.54. The van der Waals surface area contributed by atoms with Crippen molar-refractivity contribution in [3.63, 3.8) is 0 Å². The first-order chi connectivity index (χ1) is 10.5. The van der Waals surface area contributed by atoms with Gasteiger partial charge in [0, 0.05) is 0 Å². The fraction of sp³-hybridized carbons (Fsp3) is 0.625. The largest absolute Gasteiger partial charge is 0.555 e. The molecule has 5 rings (SSSR count). The van der Waals surface area contributed by atoms with Crippen molar-refractivity contribution in [2.24, 2.45) is 17.8 Å². The Hall–Kier alpha value is -0.870. The molecule has 1 N–H and O–H groups in total. The molecule has 4 fully saturated rings. The number of phosphoric ester groups is 1. The monoisotopic (exact) mass is 324 g/mol. The molecule has 5 nitrogen and oxygen atoms in total. The molecule has 4 aliphatic rings. The maximum atomic E-state index is 12.1. The maximum Gasteiger partial charge on any atom is 0.555 e. The molecule has 0 heterocycles. The fourth-order valence-electron chi connectivity index (χ4n) is 4.89. The van der Waals surface area contributed by atoms with Crippen LogP contribution in [-0.4, -0.2) is 10.5 Å². The van der Waals surface area contributed by atoms with Gasteiger partial charge in [0.15, 0.2) is 0 Å². The van der Waals surface area contributed by atoms with Gasteiger partial charge in [-0.3, -0.25) is 4.89 Å². The molecule has 0 saturated heterocycles. The SMILES string of the molecule is O=P(O)(OOC12CC3CC(CC(C3)C1)C2)Oc1ccccc1. The summed E-state index contributed by atoms with van der Waals surface area (Å²) in [7, 11) is -4.26. The van der Waals surface area contributed by atoms with Crippen molar-refractivity contribution in [2.45, 2.75) is 44.1 Å². The van der Waals surface area contributed by atoms with Gasteiger partial charge in [-0.25, -0.2) is 9.45 Å². The number of para-hydroxylation sites is 1. The molecule has 1 aromatic rings. The first kappa shape index (κ1) is 14.7. The van der Waals surface area contributed by atoms with Gasteiger partial charge in [-0.15, -0.1) is 4.67 Å². The van der Waals surface area contributed by atoms with Crippen molar-refractivity contribution in [1.82, 2.24) is 0 Å². The summed E-state index contributed by atoms with van der Waals surface area (Å²) in [5.74, 6) is 2.34. The Morgan fingerprint density at radius 3 is 2.09 bits per heavy atom. The normalized spacial score (nSPS) is 38.7. The van der Waals surface area contributed by atoms with Crippen LogP contribution < -0.4 is 4.52 Å². The van der Waals surface area contributed by atoms with Crippen LogP contribution in [-0.2, 0) is 14.1 Å². The Kier molecular flexibility index (Phi) is 3.57. The second-order valence-corrected chi connectivity index (χ2v) is 8.40. The predicted octanol–water partition coefficient (Wildman–Crippen LogP) is 4.08. The number of benzene rings is 1. The highest BCUT2D eigenvalue weighted by atomic mass is 31.2. The van der Waals surface area contributed by atoms with Crippen molar-refractivity contribution >= 4 is 7.82 Å². The summed E-state index contributed by atoms with van der Waals surface area (Å²) in [6.45, 7) is 0. The smallest absolute Gasteiger partial charge is 0.403 e. The van der Waals surface area contributed by atoms with Crippen molar-refractivity contribution in [3.05, 3.63) is 30.3 Å². The predicted molar refractivity (Wildman–Crippen MR) is 80.0 cm³/mol. The van der Waals surface area contributed by atoms with Crippen molar-refractivity contribution < 1.29 is 23.5 Å². The summed E-state index contributed by atoms with van der Waals surface area (Å²) in [6, 6.07) is 8.49. The molecule has 1 aromatic carbocycles. The molecule has 0 aromatic heterocycles. The van der Waals surface area contributed by atoms with Crippen molar-refractivity contribution in [1.29, 1.82) is 0 Å². The summed E-state index contributed by atoms with van der Waals surface area (Å²) >= 11 is 0. The molecule has 4 saturated carbocycles. The lowest BCUT2D eigenvalue weighted by Gasteiger charge is -2.55. The average Bonchev–Trinajstić information content (AvgIpc) is 2.45. The minimum absolute atomic E-state index is 0.294. The van der Waals surface area contributed by atoms with E-state index in [0.29, 0.717) is 23.5 Å². The molecule has 4 aliphatic carbocycles. The number of hydrogen-bond donors (Lipinski definition) is 1. The minimum Gasteiger partial charge on any atom is -0.403 e. The van der Waals surface area contributed by atoms with Gasteiger partial charge >= 0.3 is 7.82 Å². The summed E-state index contributed by atoms with van der Waals surface area (Å²) in [6.07, 6.45) is 6.64. The highest BCUT2D eigenvalue weighted by Crippen LogP contribution is 2.58. The van der Waals surface area contributed by atoms with Crippen LogP contribution in [0.1, 0.15) is 38.5 Å². The first-order valence-corrected chi connectivity index (χ1v) is 9.46. The second-order valence-electron chi connectivity index (χ2n) is 7.13. The van der Waals surface area contributed by atoms with E-state index in [1.54, 1.807) is 24.3 Å². The van der Waals surface area contributed by atoms with Crippen molar-refractivity contribution in [3.8, 4) is 5.75 Å². The molecule has 0 radical (unpaired) electrons. The zero-order chi connectivity index (χ0) is 15.2. The lowest BCUT2D eigenvalue weighted by molar-refractivity contribution is -0.337. The number of rotatable bonds is 5. The molecule has 4 bridgehead atoms. The maximum absolute atomic E-state index is 12.1. The molecular formula is C16H21O5P. The Bertz CT molecular complexity index is 552. The topological polar surface area (TPSA) is 65.0 Å². The van der Waals surface area contributed by atoms with E-state index in [4.69, 9.17) is 14.1 Å². The van der Waals surface area contributed by atoms with Crippen LogP contribution in [0.2, 0.25) is 0 Å². The minimum atomic E-state index is -4.26. The Morgan fingerprint density at radius 1 is 1.00 bits per heavy atom. The zero-order valence-electron chi connectivity index (χ0n) is 12.4. The third kappa shape index (κ3) is 2.95. The van der Waals surface area contributed by atoms with Gasteiger partial charge in [-0.1, -0.05) is 18.2 Å². The standard InChI is InChI=1S/C16H21O5P/c17-22(18,19-15-4-2-1-3-5-15)21-20-16-9-12-6-13(10-16)8-14(7-12)11-16/h1-5,12-14H,6-11H2,(H,17,18). The Balaban J connectivity index is 1.40. The van der Waals surface area contributed by atoms with E-state index in [0.717, 1.165) is 19.3 Å². The highest BCUT2D eigenvalue weighted by molar-refractivity contribution is 7.47. The van der Waals surface area contributed by atoms with Gasteiger partial charge in [0.2, 0.25) is 0 Å². The van der Waals surface area contributed by atoms with E-state index in [-0.39, 0.29) is 5.60 Å². The average molecular weight is 324 g/mol. The van der Waals surface area contributed by atoms with Gasteiger partial charge < -0.3 is 4.52 Å². The van der Waals surface area contributed by atoms with Gasteiger partial charge in [0.1, 0.15) is 11.4 Å². The summed E-state index contributed by atoms with van der Waals surface area (Å²) in [5.41, 5.74) is -0.382. The molecule has 0 aliphatic heterocycles. The molecule has 1 unspecified atom stereocenters. The van der Waals surface area contributed by atoms with Gasteiger partial charge in [-0.05, 0) is 68.4 Å². The highest BCUT2D eigenvalue weighted by Gasteiger charge is 2.53. The molecule has 120 valence electrons. The summed E-state index contributed by atoms with van der Waals surface area (Å²) in [4.78, 5) is 15.4. The number of hydrogen-bond acceptors (Lipinski definition) is 4. The molecule has 22 heavy (non-hydrogen) atoms. The zero-order valence-corrected chi connectivity index (χ0v) is 13.3. The molecule has 0 amide bonds. The van der Waals surface area contributed by atoms with E-state index in [9.17, 15) is 9.46 Å². The van der Waals surface area contributed by atoms with Crippen LogP contribution in [0.4, 0.5) is 0 Å². The van der Waals surface area contributed by atoms with Crippen LogP contribution in [0.3, 0.4) is 0 Å². The third-order valence-corrected chi connectivity index (χ3v) is 5.96. The summed E-state index contributed by atoms with van der Waals surface area (Å²) in [5, 5.41) is 0. The second kappa shape index (κ2) is 5.34. The van der Waals surface area contributed by atoms with Crippen molar-refractivity contribution in [2.75, 3.05) is 0 Å². The van der Waals surface area contributed by atoms with Gasteiger partial charge in [0.05, 0.1) is 0 Å². The van der Waals surface area contributed by atoms with E-state index in [1.807, 2.05) is 6.07 Å². The Labute approximate surface area is 130 Å². The molecular weight excluding hydrogens is 303 g/mol. The van der Waals surface area contributed by atoms with E-state index >= 15 is 0 Å². The van der Waals surface area contributed by atoms with Crippen LogP contribution in [0.15, 0.2) is 30.3 Å². The van der Waals surface area contributed by atoms with Crippen LogP contribution in [0.5, 0.6) is 5.75 Å².